The highest BCUT2D eigenvalue weighted by Gasteiger charge is 2.18. The van der Waals surface area contributed by atoms with Crippen LogP contribution >= 0.6 is 11.3 Å². The highest BCUT2D eigenvalue weighted by molar-refractivity contribution is 7.25. The second-order valence-corrected chi connectivity index (χ2v) is 14.5. The molecule has 0 bridgehead atoms. The smallest absolute Gasteiger partial charge is 0.235 e. The van der Waals surface area contributed by atoms with Crippen molar-refractivity contribution in [2.24, 2.45) is 0 Å². The Morgan fingerprint density at radius 3 is 1.81 bits per heavy atom. The molecule has 0 N–H and O–H groups in total. The number of hydrogen-bond acceptors (Lipinski definition) is 3. The number of para-hydroxylation sites is 2. The Hall–Kier alpha value is -6.62. The zero-order valence-electron chi connectivity index (χ0n) is 28.0. The molecular formula is C48H29N3S. The molecule has 0 aliphatic heterocycles. The van der Waals surface area contributed by atoms with E-state index < -0.39 is 0 Å². The van der Waals surface area contributed by atoms with Gasteiger partial charge in [0.25, 0.3) is 0 Å². The van der Waals surface area contributed by atoms with Gasteiger partial charge in [-0.25, -0.2) is 9.97 Å². The number of fused-ring (bicyclic) bond motifs is 8. The van der Waals surface area contributed by atoms with Gasteiger partial charge in [0.15, 0.2) is 0 Å². The number of aromatic nitrogens is 3. The van der Waals surface area contributed by atoms with E-state index in [0.29, 0.717) is 5.95 Å². The van der Waals surface area contributed by atoms with Crippen molar-refractivity contribution in [3.63, 3.8) is 0 Å². The highest BCUT2D eigenvalue weighted by Crippen LogP contribution is 2.39. The van der Waals surface area contributed by atoms with Gasteiger partial charge in [0.2, 0.25) is 5.95 Å². The van der Waals surface area contributed by atoms with E-state index in [1.807, 2.05) is 11.3 Å². The van der Waals surface area contributed by atoms with Gasteiger partial charge in [-0.2, -0.15) is 0 Å². The van der Waals surface area contributed by atoms with Crippen LogP contribution in [-0.2, 0) is 0 Å². The van der Waals surface area contributed by atoms with E-state index in [2.05, 4.69) is 180 Å². The van der Waals surface area contributed by atoms with E-state index in [0.717, 1.165) is 33.2 Å². The molecule has 8 aromatic carbocycles. The van der Waals surface area contributed by atoms with E-state index in [-0.39, 0.29) is 0 Å². The fourth-order valence-corrected chi connectivity index (χ4v) is 8.94. The zero-order chi connectivity index (χ0) is 34.2. The Balaban J connectivity index is 1.03. The standard InChI is InChI=1S/C48H29N3S/c1-2-10-33-27-36(22-21-30(33)9-1)47-39-13-3-6-14-42(39)49-48(50-47)51-43-15-7-4-11-37(43)40-28-34(23-25-44(40)51)31-17-19-32(20-18-31)35-24-26-46-41(29-35)38-12-5-8-16-45(38)52-46/h1-29H. The van der Waals surface area contributed by atoms with Crippen LogP contribution in [0.25, 0.3) is 103 Å². The molecule has 0 saturated carbocycles. The summed E-state index contributed by atoms with van der Waals surface area (Å²) in [5.41, 5.74) is 9.91. The molecule has 242 valence electrons. The molecule has 4 heteroatoms. The van der Waals surface area contributed by atoms with Crippen LogP contribution in [0.2, 0.25) is 0 Å². The summed E-state index contributed by atoms with van der Waals surface area (Å²) in [5, 5.41) is 8.45. The lowest BCUT2D eigenvalue weighted by Crippen LogP contribution is -2.03. The van der Waals surface area contributed by atoms with Crippen molar-refractivity contribution < 1.29 is 0 Å². The van der Waals surface area contributed by atoms with Gasteiger partial charge in [0, 0.05) is 41.9 Å². The molecule has 0 fully saturated rings. The van der Waals surface area contributed by atoms with Crippen LogP contribution in [0.15, 0.2) is 176 Å². The van der Waals surface area contributed by atoms with Gasteiger partial charge < -0.3 is 0 Å². The first-order valence-electron chi connectivity index (χ1n) is 17.6. The van der Waals surface area contributed by atoms with E-state index in [4.69, 9.17) is 9.97 Å². The van der Waals surface area contributed by atoms with Crippen LogP contribution in [0.3, 0.4) is 0 Å². The number of hydrogen-bond donors (Lipinski definition) is 0. The van der Waals surface area contributed by atoms with E-state index >= 15 is 0 Å². The van der Waals surface area contributed by atoms with Crippen molar-refractivity contribution in [2.75, 3.05) is 0 Å². The lowest BCUT2D eigenvalue weighted by Gasteiger charge is -2.12. The fraction of sp³-hybridized carbons (Fsp3) is 0. The monoisotopic (exact) mass is 679 g/mol. The lowest BCUT2D eigenvalue weighted by molar-refractivity contribution is 1.01. The molecule has 0 aliphatic rings. The summed E-state index contributed by atoms with van der Waals surface area (Å²) in [6, 6.07) is 63.2. The van der Waals surface area contributed by atoms with Crippen molar-refractivity contribution >= 4 is 75.0 Å². The average Bonchev–Trinajstić information content (AvgIpc) is 3.75. The Morgan fingerprint density at radius 2 is 0.962 bits per heavy atom. The molecule has 0 spiro atoms. The topological polar surface area (TPSA) is 30.7 Å². The van der Waals surface area contributed by atoms with Crippen molar-refractivity contribution in [1.29, 1.82) is 0 Å². The SMILES string of the molecule is c1ccc2cc(-c3nc(-n4c5ccccc5c5cc(-c6ccc(-c7ccc8sc9ccccc9c8c7)cc6)ccc54)nc4ccccc34)ccc2c1. The maximum Gasteiger partial charge on any atom is 0.235 e. The molecule has 0 radical (unpaired) electrons. The third-order valence-electron chi connectivity index (χ3n) is 10.4. The third-order valence-corrected chi connectivity index (χ3v) is 11.6. The summed E-state index contributed by atoms with van der Waals surface area (Å²) < 4.78 is 4.88. The van der Waals surface area contributed by atoms with E-state index in [1.165, 1.54) is 64.0 Å². The van der Waals surface area contributed by atoms with E-state index in [9.17, 15) is 0 Å². The van der Waals surface area contributed by atoms with Crippen molar-refractivity contribution in [3.8, 4) is 39.5 Å². The van der Waals surface area contributed by atoms with Gasteiger partial charge in [-0.1, -0.05) is 127 Å². The van der Waals surface area contributed by atoms with Crippen LogP contribution in [0.5, 0.6) is 0 Å². The Kier molecular flexibility index (Phi) is 6.42. The summed E-state index contributed by atoms with van der Waals surface area (Å²) in [5.74, 6) is 0.667. The van der Waals surface area contributed by atoms with Crippen LogP contribution < -0.4 is 0 Å². The third kappa shape index (κ3) is 4.58. The summed E-state index contributed by atoms with van der Waals surface area (Å²) in [6.07, 6.45) is 0. The largest absolute Gasteiger partial charge is 0.278 e. The molecule has 11 aromatic rings. The molecule has 3 nitrogen and oxygen atoms in total. The van der Waals surface area contributed by atoms with Gasteiger partial charge in [-0.3, -0.25) is 4.57 Å². The molecule has 52 heavy (non-hydrogen) atoms. The fourth-order valence-electron chi connectivity index (χ4n) is 7.85. The second-order valence-electron chi connectivity index (χ2n) is 13.4. The summed E-state index contributed by atoms with van der Waals surface area (Å²) in [6.45, 7) is 0. The molecule has 0 amide bonds. The Morgan fingerprint density at radius 1 is 0.365 bits per heavy atom. The molecule has 0 saturated heterocycles. The number of rotatable bonds is 4. The average molecular weight is 680 g/mol. The minimum atomic E-state index is 0.667. The second kappa shape index (κ2) is 11.5. The van der Waals surface area contributed by atoms with Crippen LogP contribution in [0, 0.1) is 0 Å². The molecule has 0 unspecified atom stereocenters. The highest BCUT2D eigenvalue weighted by atomic mass is 32.1. The van der Waals surface area contributed by atoms with Gasteiger partial charge >= 0.3 is 0 Å². The number of nitrogens with zero attached hydrogens (tertiary/aromatic N) is 3. The van der Waals surface area contributed by atoms with Crippen LogP contribution in [-0.4, -0.2) is 14.5 Å². The number of benzene rings is 8. The Labute approximate surface area is 303 Å². The molecule has 0 aliphatic carbocycles. The van der Waals surface area contributed by atoms with Crippen LogP contribution in [0.4, 0.5) is 0 Å². The molecule has 3 aromatic heterocycles. The summed E-state index contributed by atoms with van der Waals surface area (Å²) in [4.78, 5) is 10.5. The van der Waals surface area contributed by atoms with Crippen LogP contribution in [0.1, 0.15) is 0 Å². The van der Waals surface area contributed by atoms with Crippen molar-refractivity contribution in [2.45, 2.75) is 0 Å². The first-order valence-corrected chi connectivity index (χ1v) is 18.4. The maximum atomic E-state index is 5.32. The number of thiophene rings is 1. The minimum Gasteiger partial charge on any atom is -0.278 e. The van der Waals surface area contributed by atoms with E-state index in [1.54, 1.807) is 0 Å². The van der Waals surface area contributed by atoms with Gasteiger partial charge in [0.1, 0.15) is 0 Å². The molecule has 0 atom stereocenters. The predicted molar refractivity (Wildman–Crippen MR) is 221 cm³/mol. The van der Waals surface area contributed by atoms with Gasteiger partial charge in [0.05, 0.1) is 22.2 Å². The molecular weight excluding hydrogens is 651 g/mol. The van der Waals surface area contributed by atoms with Gasteiger partial charge in [-0.05, 0) is 81.6 Å². The van der Waals surface area contributed by atoms with Crippen molar-refractivity contribution in [1.82, 2.24) is 14.5 Å². The first kappa shape index (κ1) is 29.1. The summed E-state index contributed by atoms with van der Waals surface area (Å²) >= 11 is 1.86. The first-order chi connectivity index (χ1) is 25.7. The predicted octanol–water partition coefficient (Wildman–Crippen LogP) is 13.2. The summed E-state index contributed by atoms with van der Waals surface area (Å²) in [7, 11) is 0. The zero-order valence-corrected chi connectivity index (χ0v) is 28.8. The normalized spacial score (nSPS) is 11.8. The quantitative estimate of drug-likeness (QED) is 0.185. The maximum absolute atomic E-state index is 5.32. The Bertz CT molecular complexity index is 3190. The lowest BCUT2D eigenvalue weighted by atomic mass is 9.98. The molecule has 11 rings (SSSR count). The molecule has 3 heterocycles. The van der Waals surface area contributed by atoms with Crippen molar-refractivity contribution in [3.05, 3.63) is 176 Å². The minimum absolute atomic E-state index is 0.667. The van der Waals surface area contributed by atoms with Gasteiger partial charge in [-0.15, -0.1) is 11.3 Å².